The van der Waals surface area contributed by atoms with Crippen LogP contribution in [0.2, 0.25) is 0 Å². The monoisotopic (exact) mass is 690 g/mol. The van der Waals surface area contributed by atoms with Gasteiger partial charge in [0.2, 0.25) is 0 Å². The van der Waals surface area contributed by atoms with Crippen LogP contribution in [0.1, 0.15) is 11.1 Å². The van der Waals surface area contributed by atoms with Crippen molar-refractivity contribution in [2.24, 2.45) is 0 Å². The van der Waals surface area contributed by atoms with Crippen LogP contribution in [0.15, 0.2) is 194 Å². The minimum absolute atomic E-state index is 1.11. The molecule has 9 aromatic carbocycles. The predicted molar refractivity (Wildman–Crippen MR) is 231 cm³/mol. The van der Waals surface area contributed by atoms with Gasteiger partial charge in [-0.3, -0.25) is 0 Å². The minimum Gasteiger partial charge on any atom is -0.310 e. The zero-order valence-corrected chi connectivity index (χ0v) is 30.4. The van der Waals surface area contributed by atoms with E-state index in [0.29, 0.717) is 0 Å². The van der Waals surface area contributed by atoms with Crippen LogP contribution in [0.5, 0.6) is 0 Å². The van der Waals surface area contributed by atoms with E-state index in [1.807, 2.05) is 0 Å². The summed E-state index contributed by atoms with van der Waals surface area (Å²) in [6, 6.07) is 70.9. The molecule has 54 heavy (non-hydrogen) atoms. The average molecular weight is 691 g/mol. The van der Waals surface area contributed by atoms with Gasteiger partial charge in [0.25, 0.3) is 0 Å². The third kappa shape index (κ3) is 5.35. The molecule has 0 fully saturated rings. The van der Waals surface area contributed by atoms with Gasteiger partial charge in [-0.2, -0.15) is 0 Å². The van der Waals surface area contributed by atoms with E-state index in [2.05, 4.69) is 217 Å². The minimum atomic E-state index is 1.11. The number of hydrogen-bond acceptors (Lipinski definition) is 1. The molecule has 256 valence electrons. The Kier molecular flexibility index (Phi) is 7.63. The lowest BCUT2D eigenvalue weighted by Crippen LogP contribution is -2.10. The SMILES string of the molecule is Cc1ccccc1-c1cc2c(ccc3c2c2cc(N(c4ccc(-c5ccccc5)cc4)c4ccc5ccccc5c4)ccc2n3-c2ccccc2)cc1C. The second-order valence-corrected chi connectivity index (χ2v) is 14.3. The number of benzene rings is 9. The van der Waals surface area contributed by atoms with Crippen molar-refractivity contribution >= 4 is 60.4 Å². The van der Waals surface area contributed by atoms with Crippen molar-refractivity contribution in [1.82, 2.24) is 4.57 Å². The first-order valence-electron chi connectivity index (χ1n) is 18.7. The summed E-state index contributed by atoms with van der Waals surface area (Å²) < 4.78 is 2.43. The van der Waals surface area contributed by atoms with Crippen molar-refractivity contribution in [2.45, 2.75) is 13.8 Å². The van der Waals surface area contributed by atoms with Gasteiger partial charge in [-0.05, 0) is 136 Å². The van der Waals surface area contributed by atoms with E-state index in [1.54, 1.807) is 0 Å². The Balaban J connectivity index is 1.25. The Morgan fingerprint density at radius 1 is 0.370 bits per heavy atom. The van der Waals surface area contributed by atoms with E-state index in [-0.39, 0.29) is 0 Å². The number of fused-ring (bicyclic) bond motifs is 6. The smallest absolute Gasteiger partial charge is 0.0547 e. The maximum Gasteiger partial charge on any atom is 0.0547 e. The topological polar surface area (TPSA) is 8.17 Å². The number of anilines is 3. The van der Waals surface area contributed by atoms with E-state index in [9.17, 15) is 0 Å². The van der Waals surface area contributed by atoms with Crippen LogP contribution in [0.4, 0.5) is 17.1 Å². The lowest BCUT2D eigenvalue weighted by atomic mass is 9.92. The maximum atomic E-state index is 2.43. The summed E-state index contributed by atoms with van der Waals surface area (Å²) in [5.41, 5.74) is 14.4. The van der Waals surface area contributed by atoms with E-state index in [0.717, 1.165) is 22.7 Å². The summed E-state index contributed by atoms with van der Waals surface area (Å²) in [7, 11) is 0. The fourth-order valence-electron chi connectivity index (χ4n) is 8.35. The van der Waals surface area contributed by atoms with Gasteiger partial charge in [-0.25, -0.2) is 0 Å². The number of para-hydroxylation sites is 1. The molecule has 1 heterocycles. The van der Waals surface area contributed by atoms with Crippen molar-refractivity contribution < 1.29 is 0 Å². The molecule has 0 aliphatic carbocycles. The largest absolute Gasteiger partial charge is 0.310 e. The van der Waals surface area contributed by atoms with E-state index in [1.165, 1.54) is 76.7 Å². The van der Waals surface area contributed by atoms with Crippen LogP contribution < -0.4 is 4.90 Å². The summed E-state index contributed by atoms with van der Waals surface area (Å²) >= 11 is 0. The van der Waals surface area contributed by atoms with Gasteiger partial charge < -0.3 is 9.47 Å². The molecule has 0 amide bonds. The first-order valence-corrected chi connectivity index (χ1v) is 18.7. The van der Waals surface area contributed by atoms with Crippen LogP contribution >= 0.6 is 0 Å². The van der Waals surface area contributed by atoms with Gasteiger partial charge in [0.15, 0.2) is 0 Å². The van der Waals surface area contributed by atoms with E-state index >= 15 is 0 Å². The fraction of sp³-hybridized carbons (Fsp3) is 0.0385. The maximum absolute atomic E-state index is 2.43. The zero-order valence-electron chi connectivity index (χ0n) is 30.4. The molecule has 0 spiro atoms. The first-order chi connectivity index (χ1) is 26.6. The van der Waals surface area contributed by atoms with Crippen LogP contribution in [0, 0.1) is 13.8 Å². The third-order valence-electron chi connectivity index (χ3n) is 11.0. The number of rotatable bonds is 6. The second kappa shape index (κ2) is 12.9. The van der Waals surface area contributed by atoms with Crippen LogP contribution in [0.3, 0.4) is 0 Å². The standard InChI is InChI=1S/C52H38N2/c1-35-13-9-12-20-46(35)47-34-48-41(31-36(47)2)24-29-51-52(48)49-33-45(28-30-50(49)54(51)42-18-7-4-8-19-42)53(44-27-23-38-16-10-11-17-40(38)32-44)43-25-21-39(22-26-43)37-14-5-3-6-15-37/h3-34H,1-2H3. The Morgan fingerprint density at radius 2 is 0.981 bits per heavy atom. The average Bonchev–Trinajstić information content (AvgIpc) is 3.56. The molecule has 1 aromatic heterocycles. The molecule has 0 saturated heterocycles. The van der Waals surface area contributed by atoms with Crippen LogP contribution in [-0.4, -0.2) is 4.57 Å². The summed E-state index contributed by atoms with van der Waals surface area (Å²) in [6.45, 7) is 4.45. The van der Waals surface area contributed by atoms with Gasteiger partial charge in [-0.15, -0.1) is 0 Å². The van der Waals surface area contributed by atoms with Crippen molar-refractivity contribution in [1.29, 1.82) is 0 Å². The summed E-state index contributed by atoms with van der Waals surface area (Å²) in [5.74, 6) is 0. The lowest BCUT2D eigenvalue weighted by molar-refractivity contribution is 1.18. The van der Waals surface area contributed by atoms with Gasteiger partial charge in [-0.1, -0.05) is 127 Å². The number of nitrogens with zero attached hydrogens (tertiary/aromatic N) is 2. The highest BCUT2D eigenvalue weighted by molar-refractivity contribution is 6.22. The third-order valence-corrected chi connectivity index (χ3v) is 11.0. The van der Waals surface area contributed by atoms with E-state index in [4.69, 9.17) is 0 Å². The number of aromatic nitrogens is 1. The summed E-state index contributed by atoms with van der Waals surface area (Å²) in [6.07, 6.45) is 0. The van der Waals surface area contributed by atoms with Gasteiger partial charge in [0.05, 0.1) is 11.0 Å². The normalized spacial score (nSPS) is 11.5. The Hall–Kier alpha value is -6.90. The number of aryl methyl sites for hydroxylation is 2. The number of hydrogen-bond donors (Lipinski definition) is 0. The molecule has 0 unspecified atom stereocenters. The molecule has 10 rings (SSSR count). The molecule has 2 nitrogen and oxygen atoms in total. The van der Waals surface area contributed by atoms with Crippen LogP contribution in [-0.2, 0) is 0 Å². The molecule has 10 aromatic rings. The molecule has 0 aliphatic rings. The molecule has 0 aliphatic heterocycles. The van der Waals surface area contributed by atoms with Gasteiger partial charge >= 0.3 is 0 Å². The molecular formula is C52H38N2. The highest BCUT2D eigenvalue weighted by Crippen LogP contribution is 2.44. The van der Waals surface area contributed by atoms with Crippen molar-refractivity contribution in [3.63, 3.8) is 0 Å². The van der Waals surface area contributed by atoms with Crippen LogP contribution in [0.25, 0.3) is 71.3 Å². The molecule has 0 saturated carbocycles. The van der Waals surface area contributed by atoms with Gasteiger partial charge in [0.1, 0.15) is 0 Å². The summed E-state index contributed by atoms with van der Waals surface area (Å²) in [4.78, 5) is 2.40. The van der Waals surface area contributed by atoms with E-state index < -0.39 is 0 Å². The highest BCUT2D eigenvalue weighted by atomic mass is 15.1. The molecule has 0 radical (unpaired) electrons. The highest BCUT2D eigenvalue weighted by Gasteiger charge is 2.20. The van der Waals surface area contributed by atoms with Crippen molar-refractivity contribution in [3.8, 4) is 27.9 Å². The van der Waals surface area contributed by atoms with Crippen molar-refractivity contribution in [2.75, 3.05) is 4.90 Å². The zero-order chi connectivity index (χ0) is 36.2. The fourth-order valence-corrected chi connectivity index (χ4v) is 8.35. The lowest BCUT2D eigenvalue weighted by Gasteiger charge is -2.26. The molecule has 0 bridgehead atoms. The Morgan fingerprint density at radius 3 is 1.78 bits per heavy atom. The quantitative estimate of drug-likeness (QED) is 0.169. The van der Waals surface area contributed by atoms with Gasteiger partial charge in [0, 0.05) is 33.5 Å². The Labute approximate surface area is 315 Å². The second-order valence-electron chi connectivity index (χ2n) is 14.3. The first kappa shape index (κ1) is 31.8. The Bertz CT molecular complexity index is 2990. The molecule has 0 N–H and O–H groups in total. The molecule has 0 atom stereocenters. The summed E-state index contributed by atoms with van der Waals surface area (Å²) in [5, 5.41) is 7.44. The van der Waals surface area contributed by atoms with Crippen molar-refractivity contribution in [3.05, 3.63) is 205 Å². The molecular weight excluding hydrogens is 653 g/mol. The molecule has 2 heteroatoms. The predicted octanol–water partition coefficient (Wildman–Crippen LogP) is 14.5.